The van der Waals surface area contributed by atoms with Crippen LogP contribution in [-0.2, 0) is 9.47 Å². The second-order valence-electron chi connectivity index (χ2n) is 8.06. The molecule has 0 rings (SSSR count). The third kappa shape index (κ3) is 13.5. The fraction of sp³-hybridized carbons (Fsp3) is 1.00. The lowest BCUT2D eigenvalue weighted by atomic mass is 10.00. The summed E-state index contributed by atoms with van der Waals surface area (Å²) in [6, 6.07) is 0. The van der Waals surface area contributed by atoms with E-state index in [-0.39, 0.29) is 17.8 Å². The fourth-order valence-electron chi connectivity index (χ4n) is 2.23. The minimum absolute atomic E-state index is 0.124. The molecule has 0 aromatic carbocycles. The summed E-state index contributed by atoms with van der Waals surface area (Å²) in [5, 5.41) is 18.5. The van der Waals surface area contributed by atoms with E-state index in [0.717, 1.165) is 38.7 Å². The smallest absolute Gasteiger partial charge is 0.0627 e. The van der Waals surface area contributed by atoms with Crippen LogP contribution in [0.3, 0.4) is 0 Å². The van der Waals surface area contributed by atoms with Crippen LogP contribution in [0.15, 0.2) is 0 Å². The Labute approximate surface area is 137 Å². The highest BCUT2D eigenvalue weighted by atomic mass is 16.5. The van der Waals surface area contributed by atoms with E-state index < -0.39 is 5.60 Å². The van der Waals surface area contributed by atoms with Gasteiger partial charge in [-0.05, 0) is 80.1 Å². The Hall–Kier alpha value is -0.160. The first-order valence-corrected chi connectivity index (χ1v) is 8.59. The molecule has 0 aliphatic rings. The van der Waals surface area contributed by atoms with Crippen molar-refractivity contribution in [1.29, 1.82) is 0 Å². The van der Waals surface area contributed by atoms with E-state index in [4.69, 9.17) is 14.6 Å². The Bertz CT molecular complexity index is 279. The van der Waals surface area contributed by atoms with Crippen LogP contribution in [0.25, 0.3) is 0 Å². The topological polar surface area (TPSA) is 58.9 Å². The number of aliphatic hydroxyl groups is 2. The minimum atomic E-state index is -0.669. The zero-order chi connectivity index (χ0) is 17.3. The first-order chi connectivity index (χ1) is 9.97. The van der Waals surface area contributed by atoms with Crippen LogP contribution in [0.4, 0.5) is 0 Å². The van der Waals surface area contributed by atoms with Gasteiger partial charge in [-0.25, -0.2) is 0 Å². The van der Waals surface area contributed by atoms with E-state index in [0.29, 0.717) is 13.0 Å². The molecule has 0 unspecified atom stereocenters. The Balaban J connectivity index is 3.83. The molecular formula is C18H38O4. The molecule has 22 heavy (non-hydrogen) atoms. The van der Waals surface area contributed by atoms with Crippen molar-refractivity contribution < 1.29 is 19.7 Å². The minimum Gasteiger partial charge on any atom is -0.396 e. The van der Waals surface area contributed by atoms with Crippen molar-refractivity contribution in [2.75, 3.05) is 19.8 Å². The summed E-state index contributed by atoms with van der Waals surface area (Å²) in [6.07, 6.45) is 5.35. The van der Waals surface area contributed by atoms with Crippen molar-refractivity contribution in [1.82, 2.24) is 0 Å². The van der Waals surface area contributed by atoms with Gasteiger partial charge in [0.1, 0.15) is 0 Å². The van der Waals surface area contributed by atoms with Crippen molar-refractivity contribution in [3.8, 4) is 0 Å². The van der Waals surface area contributed by atoms with Gasteiger partial charge in [0.25, 0.3) is 0 Å². The lowest BCUT2D eigenvalue weighted by molar-refractivity contribution is -0.0642. The van der Waals surface area contributed by atoms with Crippen LogP contribution in [0.1, 0.15) is 80.1 Å². The molecule has 0 fully saturated rings. The molecule has 0 aromatic heterocycles. The Morgan fingerprint density at radius 1 is 0.682 bits per heavy atom. The van der Waals surface area contributed by atoms with Crippen LogP contribution in [0.2, 0.25) is 0 Å². The number of ether oxygens (including phenoxy) is 2. The normalized spacial score (nSPS) is 13.6. The molecule has 0 saturated carbocycles. The number of hydrogen-bond donors (Lipinski definition) is 2. The summed E-state index contributed by atoms with van der Waals surface area (Å²) >= 11 is 0. The van der Waals surface area contributed by atoms with Gasteiger partial charge in [0.05, 0.1) is 23.4 Å². The Morgan fingerprint density at radius 2 is 1.18 bits per heavy atom. The first-order valence-electron chi connectivity index (χ1n) is 8.59. The van der Waals surface area contributed by atoms with E-state index >= 15 is 0 Å². The van der Waals surface area contributed by atoms with Crippen LogP contribution < -0.4 is 0 Å². The summed E-state index contributed by atoms with van der Waals surface area (Å²) in [5.41, 5.74) is -0.978. The molecule has 0 aromatic rings. The first kappa shape index (κ1) is 21.8. The van der Waals surface area contributed by atoms with Crippen LogP contribution in [0, 0.1) is 0 Å². The van der Waals surface area contributed by atoms with Crippen molar-refractivity contribution in [3.05, 3.63) is 0 Å². The van der Waals surface area contributed by atoms with Gasteiger partial charge in [-0.15, -0.1) is 0 Å². The average molecular weight is 318 g/mol. The molecule has 0 spiro atoms. The van der Waals surface area contributed by atoms with E-state index in [1.807, 2.05) is 0 Å². The van der Waals surface area contributed by atoms with Gasteiger partial charge < -0.3 is 19.7 Å². The molecule has 0 aliphatic carbocycles. The molecule has 0 atom stereocenters. The molecule has 0 radical (unpaired) electrons. The van der Waals surface area contributed by atoms with Crippen LogP contribution >= 0.6 is 0 Å². The molecule has 0 amide bonds. The zero-order valence-electron chi connectivity index (χ0n) is 15.6. The molecule has 134 valence electrons. The molecule has 0 bridgehead atoms. The third-order valence-electron chi connectivity index (χ3n) is 3.81. The molecule has 4 nitrogen and oxygen atoms in total. The highest BCUT2D eigenvalue weighted by Crippen LogP contribution is 2.22. The average Bonchev–Trinajstić information content (AvgIpc) is 2.33. The predicted octanol–water partition coefficient (Wildman–Crippen LogP) is 3.68. The Morgan fingerprint density at radius 3 is 1.68 bits per heavy atom. The fourth-order valence-corrected chi connectivity index (χ4v) is 2.23. The number of unbranched alkanes of at least 4 members (excludes halogenated alkanes) is 1. The van der Waals surface area contributed by atoms with Crippen LogP contribution in [-0.4, -0.2) is 46.8 Å². The van der Waals surface area contributed by atoms with E-state index in [1.165, 1.54) is 0 Å². The summed E-state index contributed by atoms with van der Waals surface area (Å²) in [7, 11) is 0. The maximum atomic E-state index is 9.69. The van der Waals surface area contributed by atoms with Crippen molar-refractivity contribution in [2.45, 2.75) is 96.9 Å². The maximum absolute atomic E-state index is 9.69. The van der Waals surface area contributed by atoms with Gasteiger partial charge in [-0.1, -0.05) is 0 Å². The molecule has 2 N–H and O–H groups in total. The summed E-state index contributed by atoms with van der Waals surface area (Å²) in [4.78, 5) is 0. The molecule has 0 aliphatic heterocycles. The summed E-state index contributed by atoms with van der Waals surface area (Å²) in [5.74, 6) is 0. The molecular weight excluding hydrogens is 280 g/mol. The summed E-state index contributed by atoms with van der Waals surface area (Å²) < 4.78 is 11.8. The lowest BCUT2D eigenvalue weighted by Gasteiger charge is -2.29. The largest absolute Gasteiger partial charge is 0.396 e. The quantitative estimate of drug-likeness (QED) is 0.509. The maximum Gasteiger partial charge on any atom is 0.0627 e. The van der Waals surface area contributed by atoms with Gasteiger partial charge in [0, 0.05) is 13.2 Å². The molecule has 0 heterocycles. The van der Waals surface area contributed by atoms with Crippen molar-refractivity contribution in [2.24, 2.45) is 0 Å². The Kier molecular flexibility index (Phi) is 9.79. The van der Waals surface area contributed by atoms with Gasteiger partial charge in [-0.2, -0.15) is 0 Å². The third-order valence-corrected chi connectivity index (χ3v) is 3.81. The van der Waals surface area contributed by atoms with Crippen molar-refractivity contribution in [3.63, 3.8) is 0 Å². The monoisotopic (exact) mass is 318 g/mol. The van der Waals surface area contributed by atoms with Crippen LogP contribution in [0.5, 0.6) is 0 Å². The number of hydrogen-bond acceptors (Lipinski definition) is 4. The second kappa shape index (κ2) is 9.86. The highest BCUT2D eigenvalue weighted by molar-refractivity contribution is 4.72. The predicted molar refractivity (Wildman–Crippen MR) is 91.1 cm³/mol. The SMILES string of the molecule is CC(C)(O)CCOC(C)(C)CCCOC(C)(C)CCCCO. The van der Waals surface area contributed by atoms with E-state index in [1.54, 1.807) is 13.8 Å². The highest BCUT2D eigenvalue weighted by Gasteiger charge is 2.22. The van der Waals surface area contributed by atoms with Gasteiger partial charge in [-0.3, -0.25) is 0 Å². The zero-order valence-corrected chi connectivity index (χ0v) is 15.6. The summed E-state index contributed by atoms with van der Waals surface area (Å²) in [6.45, 7) is 13.5. The van der Waals surface area contributed by atoms with Gasteiger partial charge in [0.15, 0.2) is 0 Å². The molecule has 4 heteroatoms. The number of aliphatic hydroxyl groups excluding tert-OH is 1. The standard InChI is InChI=1S/C18H38O4/c1-16(2,20)12-15-22-18(5,6)11-9-14-21-17(3,4)10-7-8-13-19/h19-20H,7-15H2,1-6H3. The van der Waals surface area contributed by atoms with Crippen molar-refractivity contribution >= 4 is 0 Å². The molecule has 0 saturated heterocycles. The van der Waals surface area contributed by atoms with Gasteiger partial charge in [0.2, 0.25) is 0 Å². The van der Waals surface area contributed by atoms with E-state index in [9.17, 15) is 5.11 Å². The lowest BCUT2D eigenvalue weighted by Crippen LogP contribution is -2.30. The van der Waals surface area contributed by atoms with Gasteiger partial charge >= 0.3 is 0 Å². The van der Waals surface area contributed by atoms with E-state index in [2.05, 4.69) is 27.7 Å². The number of rotatable bonds is 13. The second-order valence-corrected chi connectivity index (χ2v) is 8.06.